The summed E-state index contributed by atoms with van der Waals surface area (Å²) in [5.74, 6) is -0.654. The molecule has 0 radical (unpaired) electrons. The second-order valence-electron chi connectivity index (χ2n) is 5.89. The number of benzene rings is 1. The second-order valence-corrected chi connectivity index (χ2v) is 7.53. The molecule has 1 aromatic carbocycles. The molecule has 8 heteroatoms. The zero-order valence-electron chi connectivity index (χ0n) is 14.3. The van der Waals surface area contributed by atoms with E-state index in [0.29, 0.717) is 11.3 Å². The molecule has 136 valence electrons. The average Bonchev–Trinajstić information content (AvgIpc) is 3.40. The highest BCUT2D eigenvalue weighted by molar-refractivity contribution is 7.14. The van der Waals surface area contributed by atoms with Crippen LogP contribution in [0.15, 0.2) is 50.9 Å². The summed E-state index contributed by atoms with van der Waals surface area (Å²) in [5, 5.41) is 7.59. The number of fused-ring (bicyclic) bond motifs is 1. The Morgan fingerprint density at radius 2 is 2.00 bits per heavy atom. The molecule has 0 saturated carbocycles. The van der Waals surface area contributed by atoms with Crippen molar-refractivity contribution in [3.8, 4) is 10.6 Å². The molecule has 0 spiro atoms. The minimum atomic E-state index is -0.491. The van der Waals surface area contributed by atoms with Gasteiger partial charge < -0.3 is 4.42 Å². The number of carbonyl (C=O) groups excluding carboxylic acids is 2. The molecule has 27 heavy (non-hydrogen) atoms. The van der Waals surface area contributed by atoms with E-state index in [2.05, 4.69) is 15.8 Å². The molecule has 0 aliphatic rings. The predicted molar refractivity (Wildman–Crippen MR) is 106 cm³/mol. The summed E-state index contributed by atoms with van der Waals surface area (Å²) in [5.41, 5.74) is 7.89. The number of aromatic nitrogens is 1. The second kappa shape index (κ2) is 7.34. The summed E-state index contributed by atoms with van der Waals surface area (Å²) in [4.78, 5) is 28.9. The number of aryl methyl sites for hydroxylation is 1. The Kier molecular flexibility index (Phi) is 4.74. The fourth-order valence-electron chi connectivity index (χ4n) is 2.69. The molecule has 0 atom stereocenters. The molecule has 0 saturated heterocycles. The van der Waals surface area contributed by atoms with Gasteiger partial charge >= 0.3 is 5.91 Å². The number of hydrogen-bond acceptors (Lipinski definition) is 6. The van der Waals surface area contributed by atoms with Gasteiger partial charge in [-0.2, -0.15) is 11.3 Å². The third kappa shape index (κ3) is 3.62. The molecule has 0 aliphatic carbocycles. The third-order valence-corrected chi connectivity index (χ3v) is 5.65. The summed E-state index contributed by atoms with van der Waals surface area (Å²) >= 11 is 3.09. The van der Waals surface area contributed by atoms with E-state index in [4.69, 9.17) is 4.42 Å². The van der Waals surface area contributed by atoms with Crippen LogP contribution in [0, 0.1) is 6.92 Å². The number of furan rings is 1. The van der Waals surface area contributed by atoms with Crippen molar-refractivity contribution < 1.29 is 14.0 Å². The van der Waals surface area contributed by atoms with E-state index >= 15 is 0 Å². The van der Waals surface area contributed by atoms with E-state index in [-0.39, 0.29) is 18.1 Å². The molecule has 6 nitrogen and oxygen atoms in total. The summed E-state index contributed by atoms with van der Waals surface area (Å²) in [6.07, 6.45) is 0.0834. The lowest BCUT2D eigenvalue weighted by molar-refractivity contribution is -0.121. The Bertz CT molecular complexity index is 1110. The molecular weight excluding hydrogens is 382 g/mol. The molecule has 3 heterocycles. The Labute approximate surface area is 162 Å². The molecule has 3 aromatic heterocycles. The standard InChI is InChI=1S/C19H15N3O3S2/c1-11-14-4-2-3-5-15(14)25-17(11)18(24)22-21-16(23)8-13-10-27-19(20-13)12-6-7-26-9-12/h2-7,9-10H,8H2,1H3,(H,21,23)(H,22,24). The Morgan fingerprint density at radius 3 is 2.78 bits per heavy atom. The number of amides is 2. The van der Waals surface area contributed by atoms with E-state index in [1.807, 2.05) is 47.3 Å². The summed E-state index contributed by atoms with van der Waals surface area (Å²) < 4.78 is 5.58. The summed E-state index contributed by atoms with van der Waals surface area (Å²) in [6, 6.07) is 9.39. The highest BCUT2D eigenvalue weighted by Crippen LogP contribution is 2.26. The van der Waals surface area contributed by atoms with Crippen molar-refractivity contribution in [2.45, 2.75) is 13.3 Å². The van der Waals surface area contributed by atoms with Gasteiger partial charge in [0, 0.05) is 27.3 Å². The van der Waals surface area contributed by atoms with E-state index in [9.17, 15) is 9.59 Å². The van der Waals surface area contributed by atoms with Crippen LogP contribution >= 0.6 is 22.7 Å². The number of nitrogens with one attached hydrogen (secondary N) is 2. The normalized spacial score (nSPS) is 10.9. The number of para-hydroxylation sites is 1. The Hall–Kier alpha value is -2.97. The highest BCUT2D eigenvalue weighted by atomic mass is 32.1. The van der Waals surface area contributed by atoms with E-state index < -0.39 is 5.91 Å². The molecule has 0 fully saturated rings. The number of rotatable bonds is 4. The van der Waals surface area contributed by atoms with Crippen LogP contribution in [0.2, 0.25) is 0 Å². The number of carbonyl (C=O) groups is 2. The van der Waals surface area contributed by atoms with Crippen molar-refractivity contribution >= 4 is 45.5 Å². The quantitative estimate of drug-likeness (QED) is 0.511. The summed E-state index contributed by atoms with van der Waals surface area (Å²) in [7, 11) is 0. The fourth-order valence-corrected chi connectivity index (χ4v) is 4.22. The Morgan fingerprint density at radius 1 is 1.15 bits per heavy atom. The van der Waals surface area contributed by atoms with Gasteiger partial charge in [0.25, 0.3) is 0 Å². The zero-order chi connectivity index (χ0) is 18.8. The molecule has 0 unspecified atom stereocenters. The van der Waals surface area contributed by atoms with Crippen LogP contribution in [-0.2, 0) is 11.2 Å². The SMILES string of the molecule is Cc1c(C(=O)NNC(=O)Cc2csc(-c3ccsc3)n2)oc2ccccc12. The van der Waals surface area contributed by atoms with Crippen LogP contribution in [0.5, 0.6) is 0 Å². The smallest absolute Gasteiger partial charge is 0.305 e. The number of hydrogen-bond donors (Lipinski definition) is 2. The van der Waals surface area contributed by atoms with Crippen LogP contribution in [0.3, 0.4) is 0 Å². The van der Waals surface area contributed by atoms with Gasteiger partial charge in [-0.15, -0.1) is 11.3 Å². The molecule has 2 N–H and O–H groups in total. The van der Waals surface area contributed by atoms with Gasteiger partial charge in [-0.3, -0.25) is 20.4 Å². The minimum absolute atomic E-state index is 0.0834. The maximum Gasteiger partial charge on any atom is 0.305 e. The van der Waals surface area contributed by atoms with Crippen molar-refractivity contribution in [2.24, 2.45) is 0 Å². The third-order valence-electron chi connectivity index (χ3n) is 4.03. The van der Waals surface area contributed by atoms with Crippen molar-refractivity contribution in [1.82, 2.24) is 15.8 Å². The fraction of sp³-hybridized carbons (Fsp3) is 0.105. The topological polar surface area (TPSA) is 84.2 Å². The molecule has 4 aromatic rings. The first-order valence-electron chi connectivity index (χ1n) is 8.16. The maximum atomic E-state index is 12.3. The van der Waals surface area contributed by atoms with Crippen molar-refractivity contribution in [3.63, 3.8) is 0 Å². The first-order valence-corrected chi connectivity index (χ1v) is 9.98. The first kappa shape index (κ1) is 17.4. The van der Waals surface area contributed by atoms with E-state index in [0.717, 1.165) is 21.5 Å². The number of thiophene rings is 1. The maximum absolute atomic E-state index is 12.3. The molecule has 0 aliphatic heterocycles. The van der Waals surface area contributed by atoms with Crippen molar-refractivity contribution in [3.05, 3.63) is 63.5 Å². The van der Waals surface area contributed by atoms with Crippen LogP contribution < -0.4 is 10.9 Å². The molecule has 0 bridgehead atoms. The van der Waals surface area contributed by atoms with Gasteiger partial charge in [-0.1, -0.05) is 18.2 Å². The zero-order valence-corrected chi connectivity index (χ0v) is 15.9. The highest BCUT2D eigenvalue weighted by Gasteiger charge is 2.18. The van der Waals surface area contributed by atoms with Gasteiger partial charge in [0.2, 0.25) is 5.91 Å². The lowest BCUT2D eigenvalue weighted by atomic mass is 10.1. The predicted octanol–water partition coefficient (Wildman–Crippen LogP) is 3.93. The minimum Gasteiger partial charge on any atom is -0.451 e. The molecule has 2 amide bonds. The van der Waals surface area contributed by atoms with Gasteiger partial charge in [0.05, 0.1) is 12.1 Å². The monoisotopic (exact) mass is 397 g/mol. The van der Waals surface area contributed by atoms with E-state index in [1.54, 1.807) is 17.4 Å². The Balaban J connectivity index is 1.37. The lowest BCUT2D eigenvalue weighted by Crippen LogP contribution is -2.42. The van der Waals surface area contributed by atoms with Crippen LogP contribution in [0.4, 0.5) is 0 Å². The van der Waals surface area contributed by atoms with Crippen molar-refractivity contribution in [1.29, 1.82) is 0 Å². The largest absolute Gasteiger partial charge is 0.451 e. The van der Waals surface area contributed by atoms with Gasteiger partial charge in [-0.25, -0.2) is 4.98 Å². The average molecular weight is 397 g/mol. The summed E-state index contributed by atoms with van der Waals surface area (Å²) in [6.45, 7) is 1.81. The van der Waals surface area contributed by atoms with Gasteiger partial charge in [-0.05, 0) is 24.4 Å². The van der Waals surface area contributed by atoms with Crippen LogP contribution in [0.1, 0.15) is 21.8 Å². The van der Waals surface area contributed by atoms with Crippen molar-refractivity contribution in [2.75, 3.05) is 0 Å². The van der Waals surface area contributed by atoms with Crippen LogP contribution in [0.25, 0.3) is 21.5 Å². The molecular formula is C19H15N3O3S2. The van der Waals surface area contributed by atoms with E-state index in [1.165, 1.54) is 11.3 Å². The number of hydrazine groups is 1. The first-order chi connectivity index (χ1) is 13.1. The van der Waals surface area contributed by atoms with Gasteiger partial charge in [0.1, 0.15) is 10.6 Å². The van der Waals surface area contributed by atoms with Crippen LogP contribution in [-0.4, -0.2) is 16.8 Å². The molecule has 4 rings (SSSR count). The number of thiazole rings is 1. The lowest BCUT2D eigenvalue weighted by Gasteiger charge is -2.05. The number of nitrogens with zero attached hydrogens (tertiary/aromatic N) is 1. The van der Waals surface area contributed by atoms with Gasteiger partial charge in [0.15, 0.2) is 5.76 Å².